The minimum Gasteiger partial charge on any atom is -0.379 e. The molecule has 4 aromatic rings. The van der Waals surface area contributed by atoms with Crippen LogP contribution in [0.1, 0.15) is 18.1 Å². The first-order valence-corrected chi connectivity index (χ1v) is 9.97. The molecule has 3 aromatic heterocycles. The van der Waals surface area contributed by atoms with E-state index in [9.17, 15) is 31.9 Å². The van der Waals surface area contributed by atoms with Crippen LogP contribution < -0.4 is 5.32 Å². The summed E-state index contributed by atoms with van der Waals surface area (Å²) in [6, 6.07) is 4.53. The van der Waals surface area contributed by atoms with Crippen LogP contribution in [0.5, 0.6) is 0 Å². The van der Waals surface area contributed by atoms with Gasteiger partial charge < -0.3 is 10.4 Å². The molecule has 0 aliphatic heterocycles. The fourth-order valence-corrected chi connectivity index (χ4v) is 4.02. The van der Waals surface area contributed by atoms with E-state index in [2.05, 4.69) is 20.6 Å². The Morgan fingerprint density at radius 3 is 2.76 bits per heavy atom. The van der Waals surface area contributed by atoms with Crippen molar-refractivity contribution < 1.29 is 31.9 Å². The van der Waals surface area contributed by atoms with Crippen molar-refractivity contribution in [3.63, 3.8) is 0 Å². The van der Waals surface area contributed by atoms with Gasteiger partial charge in [0.25, 0.3) is 0 Å². The van der Waals surface area contributed by atoms with Gasteiger partial charge in [0.05, 0.1) is 33.7 Å². The lowest BCUT2D eigenvalue weighted by atomic mass is 9.96. The summed E-state index contributed by atoms with van der Waals surface area (Å²) in [5.74, 6) is -2.45. The Labute approximate surface area is 186 Å². The summed E-state index contributed by atoms with van der Waals surface area (Å²) in [7, 11) is 0. The van der Waals surface area contributed by atoms with Crippen LogP contribution in [0.4, 0.5) is 27.8 Å². The lowest BCUT2D eigenvalue weighted by Gasteiger charge is -2.18. The molecule has 33 heavy (non-hydrogen) atoms. The molecule has 0 saturated heterocycles. The second-order valence-electron chi connectivity index (χ2n) is 7.68. The zero-order valence-electron chi connectivity index (χ0n) is 16.3. The van der Waals surface area contributed by atoms with E-state index in [4.69, 9.17) is 11.6 Å². The Balaban J connectivity index is 1.59. The Kier molecular flexibility index (Phi) is 4.83. The number of nitrogens with zero attached hydrogens (tertiary/aromatic N) is 3. The van der Waals surface area contributed by atoms with Crippen LogP contribution in [-0.4, -0.2) is 43.2 Å². The molecule has 1 saturated carbocycles. The third-order valence-corrected chi connectivity index (χ3v) is 5.82. The third-order valence-electron chi connectivity index (χ3n) is 5.46. The molecule has 5 rings (SSSR count). The molecule has 0 bridgehead atoms. The van der Waals surface area contributed by atoms with Crippen molar-refractivity contribution in [1.82, 2.24) is 19.8 Å². The van der Waals surface area contributed by atoms with Gasteiger partial charge in [0.2, 0.25) is 5.91 Å². The third kappa shape index (κ3) is 3.59. The molecule has 1 aliphatic rings. The van der Waals surface area contributed by atoms with Crippen molar-refractivity contribution in [2.45, 2.75) is 24.9 Å². The predicted molar refractivity (Wildman–Crippen MR) is 108 cm³/mol. The molecule has 1 aromatic carbocycles. The number of amides is 1. The lowest BCUT2D eigenvalue weighted by Crippen LogP contribution is -2.22. The van der Waals surface area contributed by atoms with Gasteiger partial charge in [-0.3, -0.25) is 9.89 Å². The number of rotatable bonds is 4. The standard InChI is InChI=1S/C20H13ClF5N5O2/c21-15-13(10-6-27-29-17(10)14(16(15)23)18(32)20(24,25)26)7-1-2-31-8(3-7)4-12(30-31)28-19(33)9-5-11(9)22/h1-4,6,9,11,18,32H,5H2,(H,27,29)(H,28,30,33)/t9-,11+,18?/m1/s1. The quantitative estimate of drug-likeness (QED) is 0.369. The number of fused-ring (bicyclic) bond motifs is 2. The van der Waals surface area contributed by atoms with Crippen LogP contribution in [0.3, 0.4) is 0 Å². The van der Waals surface area contributed by atoms with Gasteiger partial charge in [0, 0.05) is 23.2 Å². The summed E-state index contributed by atoms with van der Waals surface area (Å²) in [6.07, 6.45) is -6.57. The zero-order chi connectivity index (χ0) is 23.7. The van der Waals surface area contributed by atoms with E-state index in [1.807, 2.05) is 0 Å². The number of aliphatic hydroxyl groups is 1. The van der Waals surface area contributed by atoms with Gasteiger partial charge >= 0.3 is 6.18 Å². The first kappa shape index (κ1) is 21.6. The second-order valence-corrected chi connectivity index (χ2v) is 8.06. The fourth-order valence-electron chi connectivity index (χ4n) is 3.70. The first-order chi connectivity index (χ1) is 15.6. The summed E-state index contributed by atoms with van der Waals surface area (Å²) in [6.45, 7) is 0. The average Bonchev–Trinajstić information content (AvgIpc) is 3.11. The molecule has 3 atom stereocenters. The second kappa shape index (κ2) is 7.39. The van der Waals surface area contributed by atoms with E-state index in [1.54, 1.807) is 0 Å². The summed E-state index contributed by atoms with van der Waals surface area (Å²) in [4.78, 5) is 11.9. The molecule has 1 aliphatic carbocycles. The fraction of sp³-hybridized carbons (Fsp3) is 0.250. The number of anilines is 1. The van der Waals surface area contributed by atoms with E-state index in [0.717, 1.165) is 0 Å². The lowest BCUT2D eigenvalue weighted by molar-refractivity contribution is -0.207. The minimum atomic E-state index is -5.12. The molecule has 7 nitrogen and oxygen atoms in total. The molecule has 13 heteroatoms. The normalized spacial score (nSPS) is 19.2. The Morgan fingerprint density at radius 2 is 2.09 bits per heavy atom. The molecule has 3 heterocycles. The number of aliphatic hydroxyl groups excluding tert-OH is 1. The van der Waals surface area contributed by atoms with Crippen molar-refractivity contribution >= 4 is 39.7 Å². The summed E-state index contributed by atoms with van der Waals surface area (Å²) < 4.78 is 68.7. The Bertz CT molecular complexity index is 1420. The Hall–Kier alpha value is -3.25. The highest BCUT2D eigenvalue weighted by Gasteiger charge is 2.44. The van der Waals surface area contributed by atoms with Gasteiger partial charge in [-0.25, -0.2) is 13.3 Å². The number of hydrogen-bond acceptors (Lipinski definition) is 4. The number of aromatic nitrogens is 4. The Morgan fingerprint density at radius 1 is 1.36 bits per heavy atom. The molecular formula is C20H13ClF5N5O2. The van der Waals surface area contributed by atoms with E-state index in [-0.39, 0.29) is 28.7 Å². The number of H-pyrrole nitrogens is 1. The molecule has 172 valence electrons. The van der Waals surface area contributed by atoms with Crippen LogP contribution in [0.15, 0.2) is 30.6 Å². The van der Waals surface area contributed by atoms with Crippen LogP contribution in [0.2, 0.25) is 5.02 Å². The van der Waals surface area contributed by atoms with Crippen molar-refractivity contribution in [2.75, 3.05) is 5.32 Å². The summed E-state index contributed by atoms with van der Waals surface area (Å²) in [5.41, 5.74) is -0.560. The van der Waals surface area contributed by atoms with Gasteiger partial charge in [0.15, 0.2) is 17.7 Å². The van der Waals surface area contributed by atoms with Gasteiger partial charge in [-0.05, 0) is 24.1 Å². The van der Waals surface area contributed by atoms with Crippen molar-refractivity contribution in [3.8, 4) is 11.1 Å². The highest BCUT2D eigenvalue weighted by atomic mass is 35.5. The number of carbonyl (C=O) groups is 1. The maximum atomic E-state index is 15.0. The number of pyridine rings is 1. The van der Waals surface area contributed by atoms with Crippen LogP contribution in [-0.2, 0) is 4.79 Å². The minimum absolute atomic E-state index is 0.0589. The van der Waals surface area contributed by atoms with Crippen LogP contribution in [0, 0.1) is 11.7 Å². The number of nitrogens with one attached hydrogen (secondary N) is 2. The molecule has 3 N–H and O–H groups in total. The SMILES string of the molecule is O=C(Nc1cc2cc(-c3c(Cl)c(F)c(C(O)C(F)(F)F)c4[nH]ncc34)ccn2n1)[C@@H]1C[C@@H]1F. The zero-order valence-corrected chi connectivity index (χ0v) is 17.0. The van der Waals surface area contributed by atoms with E-state index < -0.39 is 46.7 Å². The van der Waals surface area contributed by atoms with Crippen molar-refractivity contribution in [1.29, 1.82) is 0 Å². The average molecular weight is 486 g/mol. The van der Waals surface area contributed by atoms with E-state index in [1.165, 1.54) is 35.1 Å². The maximum absolute atomic E-state index is 15.0. The summed E-state index contributed by atoms with van der Waals surface area (Å²) in [5, 5.41) is 21.8. The molecule has 0 spiro atoms. The van der Waals surface area contributed by atoms with Crippen LogP contribution >= 0.6 is 11.6 Å². The predicted octanol–water partition coefficient (Wildman–Crippen LogP) is 4.56. The van der Waals surface area contributed by atoms with Crippen molar-refractivity contribution in [3.05, 3.63) is 47.0 Å². The van der Waals surface area contributed by atoms with Gasteiger partial charge in [-0.1, -0.05) is 11.6 Å². The highest BCUT2D eigenvalue weighted by molar-refractivity contribution is 6.35. The van der Waals surface area contributed by atoms with E-state index >= 15 is 0 Å². The number of carbonyl (C=O) groups excluding carboxylic acids is 1. The number of benzene rings is 1. The molecular weight excluding hydrogens is 473 g/mol. The topological polar surface area (TPSA) is 95.3 Å². The summed E-state index contributed by atoms with van der Waals surface area (Å²) >= 11 is 6.13. The smallest absolute Gasteiger partial charge is 0.379 e. The van der Waals surface area contributed by atoms with Crippen molar-refractivity contribution in [2.24, 2.45) is 5.92 Å². The number of hydrogen-bond donors (Lipinski definition) is 3. The van der Waals surface area contributed by atoms with Gasteiger partial charge in [-0.2, -0.15) is 23.4 Å². The monoisotopic (exact) mass is 485 g/mol. The molecule has 1 amide bonds. The largest absolute Gasteiger partial charge is 0.418 e. The van der Waals surface area contributed by atoms with E-state index in [0.29, 0.717) is 11.1 Å². The maximum Gasteiger partial charge on any atom is 0.418 e. The van der Waals surface area contributed by atoms with Crippen LogP contribution in [0.25, 0.3) is 27.5 Å². The number of aromatic amines is 1. The van der Waals surface area contributed by atoms with Gasteiger partial charge in [-0.15, -0.1) is 0 Å². The molecule has 0 radical (unpaired) electrons. The molecule has 1 unspecified atom stereocenters. The highest BCUT2D eigenvalue weighted by Crippen LogP contribution is 2.44. The first-order valence-electron chi connectivity index (χ1n) is 9.59. The van der Waals surface area contributed by atoms with Gasteiger partial charge in [0.1, 0.15) is 6.17 Å². The number of halogens is 6. The molecule has 1 fully saturated rings. The number of alkyl halides is 4.